The van der Waals surface area contributed by atoms with Gasteiger partial charge in [-0.2, -0.15) is 0 Å². The van der Waals surface area contributed by atoms with Crippen molar-refractivity contribution in [3.8, 4) is 0 Å². The Hall–Kier alpha value is -1.42. The molecular weight excluding hydrogens is 208 g/mol. The van der Waals surface area contributed by atoms with E-state index >= 15 is 0 Å². The average molecular weight is 224 g/mol. The minimum Gasteiger partial charge on any atom is -0.499 e. The standard InChI is InChI=1S/C8H8.C3H8O3Si/c1-2-8-6-4-3-5-7-8;1-3-6-7(4)5-2/h2-7H,1H2;3H2,1-2H3. The largest absolute Gasteiger partial charge is 0.767 e. The fraction of sp³-hybridized carbons (Fsp3) is 0.273. The first-order chi connectivity index (χ1) is 7.24. The zero-order valence-electron chi connectivity index (χ0n) is 9.10. The molecule has 0 atom stereocenters. The van der Waals surface area contributed by atoms with Gasteiger partial charge in [0.2, 0.25) is 0 Å². The van der Waals surface area contributed by atoms with Crippen LogP contribution in [0.2, 0.25) is 0 Å². The summed E-state index contributed by atoms with van der Waals surface area (Å²) < 4.78 is 19.0. The van der Waals surface area contributed by atoms with Gasteiger partial charge in [0, 0.05) is 0 Å². The third kappa shape index (κ3) is 7.63. The maximum Gasteiger partial charge on any atom is 0.767 e. The van der Waals surface area contributed by atoms with Gasteiger partial charge in [0.1, 0.15) is 0 Å². The molecule has 0 unspecified atom stereocenters. The molecule has 3 nitrogen and oxygen atoms in total. The average Bonchev–Trinajstić information content (AvgIpc) is 2.31. The first-order valence-electron chi connectivity index (χ1n) is 4.62. The van der Waals surface area contributed by atoms with E-state index in [1.807, 2.05) is 36.4 Å². The van der Waals surface area contributed by atoms with Crippen molar-refractivity contribution < 1.29 is 13.3 Å². The number of hydrogen-bond donors (Lipinski definition) is 0. The van der Waals surface area contributed by atoms with Gasteiger partial charge < -0.3 is 8.85 Å². The maximum atomic E-state index is 10.2. The van der Waals surface area contributed by atoms with Gasteiger partial charge in [0.25, 0.3) is 0 Å². The fourth-order valence-corrected chi connectivity index (χ4v) is 1.12. The monoisotopic (exact) mass is 224 g/mol. The molecular formula is C11H16O3Si. The molecule has 1 aromatic rings. The molecule has 15 heavy (non-hydrogen) atoms. The highest BCUT2D eigenvalue weighted by Crippen LogP contribution is 1.97. The molecule has 1 aromatic carbocycles. The molecule has 0 aliphatic carbocycles. The predicted octanol–water partition coefficient (Wildman–Crippen LogP) is 2.41. The van der Waals surface area contributed by atoms with Crippen molar-refractivity contribution in [2.75, 3.05) is 13.7 Å². The smallest absolute Gasteiger partial charge is 0.499 e. The SMILES string of the molecule is C=Cc1ccccc1.CCO[Si](=O)OC. The van der Waals surface area contributed by atoms with Crippen molar-refractivity contribution in [2.24, 2.45) is 0 Å². The van der Waals surface area contributed by atoms with E-state index in [1.54, 1.807) is 6.92 Å². The van der Waals surface area contributed by atoms with Gasteiger partial charge in [-0.15, -0.1) is 0 Å². The Labute approximate surface area is 92.3 Å². The Morgan fingerprint density at radius 3 is 2.27 bits per heavy atom. The lowest BCUT2D eigenvalue weighted by molar-refractivity contribution is 0.206. The van der Waals surface area contributed by atoms with Crippen LogP contribution < -0.4 is 0 Å². The second kappa shape index (κ2) is 9.14. The van der Waals surface area contributed by atoms with Crippen molar-refractivity contribution in [1.82, 2.24) is 0 Å². The number of hydrogen-bond acceptors (Lipinski definition) is 3. The molecule has 0 saturated heterocycles. The van der Waals surface area contributed by atoms with Crippen molar-refractivity contribution in [3.05, 3.63) is 42.5 Å². The van der Waals surface area contributed by atoms with Crippen molar-refractivity contribution in [3.63, 3.8) is 0 Å². The third-order valence-corrected chi connectivity index (χ3v) is 2.32. The van der Waals surface area contributed by atoms with Crippen LogP contribution in [0.25, 0.3) is 6.08 Å². The summed E-state index contributed by atoms with van der Waals surface area (Å²) in [5.74, 6) is 0. The van der Waals surface area contributed by atoms with E-state index in [-0.39, 0.29) is 0 Å². The lowest BCUT2D eigenvalue weighted by Crippen LogP contribution is -2.08. The lowest BCUT2D eigenvalue weighted by Gasteiger charge is -1.93. The van der Waals surface area contributed by atoms with E-state index in [2.05, 4.69) is 15.4 Å². The van der Waals surface area contributed by atoms with E-state index in [4.69, 9.17) is 0 Å². The van der Waals surface area contributed by atoms with Gasteiger partial charge in [-0.05, 0) is 12.5 Å². The van der Waals surface area contributed by atoms with Crippen LogP contribution in [0.3, 0.4) is 0 Å². The molecule has 0 spiro atoms. The summed E-state index contributed by atoms with van der Waals surface area (Å²) in [5.41, 5.74) is 1.17. The highest BCUT2D eigenvalue weighted by Gasteiger charge is 2.03. The van der Waals surface area contributed by atoms with Crippen LogP contribution in [0.5, 0.6) is 0 Å². The molecule has 0 fully saturated rings. The Morgan fingerprint density at radius 1 is 1.40 bits per heavy atom. The molecule has 82 valence electrons. The molecule has 0 amide bonds. The van der Waals surface area contributed by atoms with Crippen molar-refractivity contribution in [2.45, 2.75) is 6.92 Å². The Bertz CT molecular complexity index is 285. The van der Waals surface area contributed by atoms with Gasteiger partial charge in [0.15, 0.2) is 0 Å². The number of rotatable bonds is 4. The molecule has 4 heteroatoms. The third-order valence-electron chi connectivity index (χ3n) is 1.46. The summed E-state index contributed by atoms with van der Waals surface area (Å²) in [4.78, 5) is 0. The van der Waals surface area contributed by atoms with Gasteiger partial charge in [-0.3, -0.25) is 4.46 Å². The predicted molar refractivity (Wildman–Crippen MR) is 61.6 cm³/mol. The normalized spacial score (nSPS) is 8.13. The van der Waals surface area contributed by atoms with Crippen LogP contribution in [0.1, 0.15) is 12.5 Å². The van der Waals surface area contributed by atoms with Crippen LogP contribution in [0.15, 0.2) is 36.9 Å². The van der Waals surface area contributed by atoms with Crippen molar-refractivity contribution in [1.29, 1.82) is 0 Å². The lowest BCUT2D eigenvalue weighted by atomic mass is 10.2. The van der Waals surface area contributed by atoms with E-state index in [9.17, 15) is 4.46 Å². The van der Waals surface area contributed by atoms with Crippen LogP contribution >= 0.6 is 0 Å². The summed E-state index contributed by atoms with van der Waals surface area (Å²) in [6.45, 7) is 5.85. The molecule has 0 N–H and O–H groups in total. The molecule has 0 aliphatic rings. The topological polar surface area (TPSA) is 35.5 Å². The fourth-order valence-electron chi connectivity index (χ4n) is 0.766. The highest BCUT2D eigenvalue weighted by atomic mass is 28.3. The molecule has 0 saturated carbocycles. The Balaban J connectivity index is 0.000000265. The Kier molecular flexibility index (Phi) is 8.28. The van der Waals surface area contributed by atoms with Gasteiger partial charge in [0.05, 0.1) is 13.7 Å². The van der Waals surface area contributed by atoms with E-state index in [1.165, 1.54) is 12.7 Å². The summed E-state index contributed by atoms with van der Waals surface area (Å²) in [6, 6.07) is 10.0. The molecule has 0 bridgehead atoms. The van der Waals surface area contributed by atoms with Crippen LogP contribution in [0.4, 0.5) is 0 Å². The van der Waals surface area contributed by atoms with Crippen LogP contribution in [-0.2, 0) is 13.3 Å². The molecule has 0 aliphatic heterocycles. The zero-order valence-corrected chi connectivity index (χ0v) is 10.1. The van der Waals surface area contributed by atoms with Crippen molar-refractivity contribution >= 4 is 15.2 Å². The second-order valence-electron chi connectivity index (χ2n) is 2.50. The maximum absolute atomic E-state index is 10.2. The number of benzene rings is 1. The second-order valence-corrected chi connectivity index (χ2v) is 3.70. The summed E-state index contributed by atoms with van der Waals surface area (Å²) in [6.07, 6.45) is 1.83. The Morgan fingerprint density at radius 2 is 2.00 bits per heavy atom. The van der Waals surface area contributed by atoms with Gasteiger partial charge >= 0.3 is 9.17 Å². The molecule has 0 heterocycles. The molecule has 0 radical (unpaired) electrons. The van der Waals surface area contributed by atoms with Crippen LogP contribution in [0, 0.1) is 0 Å². The van der Waals surface area contributed by atoms with E-state index in [0.717, 1.165) is 0 Å². The van der Waals surface area contributed by atoms with E-state index in [0.29, 0.717) is 6.61 Å². The minimum absolute atomic E-state index is 0.450. The van der Waals surface area contributed by atoms with Gasteiger partial charge in [-0.1, -0.05) is 43.0 Å². The minimum atomic E-state index is -2.13. The quantitative estimate of drug-likeness (QED) is 0.737. The summed E-state index contributed by atoms with van der Waals surface area (Å²) >= 11 is 0. The first-order valence-corrected chi connectivity index (χ1v) is 5.85. The van der Waals surface area contributed by atoms with Gasteiger partial charge in [-0.25, -0.2) is 0 Å². The zero-order chi connectivity index (χ0) is 11.5. The highest BCUT2D eigenvalue weighted by molar-refractivity contribution is 6.25. The molecule has 0 aromatic heterocycles. The molecule has 1 rings (SSSR count). The summed E-state index contributed by atoms with van der Waals surface area (Å²) in [5, 5.41) is 0. The van der Waals surface area contributed by atoms with Crippen LogP contribution in [-0.4, -0.2) is 22.9 Å². The van der Waals surface area contributed by atoms with E-state index < -0.39 is 9.17 Å². The first kappa shape index (κ1) is 13.6. The summed E-state index contributed by atoms with van der Waals surface area (Å²) in [7, 11) is -0.772.